The molecule has 5 rings (SSSR count). The predicted octanol–water partition coefficient (Wildman–Crippen LogP) is 1.83. The molecule has 6 nitrogen and oxygen atoms in total. The van der Waals surface area contributed by atoms with Crippen molar-refractivity contribution >= 4 is 6.29 Å². The molecule has 0 spiro atoms. The number of aliphatic hydroxyl groups excluding tert-OH is 1. The van der Waals surface area contributed by atoms with E-state index in [9.17, 15) is 9.90 Å². The molecular formula is C20H28N2O4. The molecule has 1 aromatic heterocycles. The van der Waals surface area contributed by atoms with Crippen molar-refractivity contribution in [3.05, 3.63) is 23.4 Å². The first-order valence-corrected chi connectivity index (χ1v) is 9.76. The molecule has 1 N–H and O–H groups in total. The summed E-state index contributed by atoms with van der Waals surface area (Å²) in [5.74, 6) is 1.09. The third-order valence-corrected chi connectivity index (χ3v) is 6.28. The van der Waals surface area contributed by atoms with Crippen molar-refractivity contribution in [1.82, 2.24) is 9.88 Å². The van der Waals surface area contributed by atoms with Gasteiger partial charge in [-0.3, -0.25) is 4.90 Å². The Kier molecular flexibility index (Phi) is 5.25. The van der Waals surface area contributed by atoms with Crippen LogP contribution in [0.3, 0.4) is 0 Å². The second kappa shape index (κ2) is 7.62. The fraction of sp³-hybridized carbons (Fsp3) is 0.700. The topological polar surface area (TPSA) is 71.9 Å². The molecule has 3 atom stereocenters. The van der Waals surface area contributed by atoms with Crippen molar-refractivity contribution in [3.8, 4) is 5.88 Å². The number of rotatable bonds is 1. The molecule has 3 aliphatic heterocycles. The first-order valence-electron chi connectivity index (χ1n) is 9.76. The van der Waals surface area contributed by atoms with Gasteiger partial charge in [0, 0.05) is 18.3 Å². The van der Waals surface area contributed by atoms with Crippen LogP contribution in [0.25, 0.3) is 0 Å². The van der Waals surface area contributed by atoms with Gasteiger partial charge in [0.2, 0.25) is 5.88 Å². The number of carbonyl (C=O) groups excluding carboxylic acids is 1. The molecule has 1 saturated carbocycles. The Morgan fingerprint density at radius 1 is 1.23 bits per heavy atom. The van der Waals surface area contributed by atoms with Gasteiger partial charge >= 0.3 is 0 Å². The molecule has 6 heteroatoms. The summed E-state index contributed by atoms with van der Waals surface area (Å²) in [4.78, 5) is 18.3. The summed E-state index contributed by atoms with van der Waals surface area (Å²) < 4.78 is 12.2. The van der Waals surface area contributed by atoms with Gasteiger partial charge in [-0.15, -0.1) is 0 Å². The Morgan fingerprint density at radius 2 is 2.04 bits per heavy atom. The van der Waals surface area contributed by atoms with Gasteiger partial charge in [-0.25, -0.2) is 4.98 Å². The Bertz CT molecular complexity index is 645. The fourth-order valence-corrected chi connectivity index (χ4v) is 4.77. The number of hydrogen-bond donors (Lipinski definition) is 1. The zero-order valence-corrected chi connectivity index (χ0v) is 15.3. The van der Waals surface area contributed by atoms with Crippen LogP contribution in [0.1, 0.15) is 49.1 Å². The number of pyridine rings is 1. The maximum absolute atomic E-state index is 11.7. The van der Waals surface area contributed by atoms with E-state index in [-0.39, 0.29) is 18.8 Å². The van der Waals surface area contributed by atoms with Gasteiger partial charge in [0.25, 0.3) is 0 Å². The van der Waals surface area contributed by atoms with Gasteiger partial charge in [-0.05, 0) is 56.6 Å². The summed E-state index contributed by atoms with van der Waals surface area (Å²) in [5, 5.41) is 10.4. The Morgan fingerprint density at radius 3 is 2.81 bits per heavy atom. The van der Waals surface area contributed by atoms with E-state index < -0.39 is 12.1 Å². The Balaban J connectivity index is 1.66. The number of aldehydes is 1. The molecule has 1 unspecified atom stereocenters. The average molecular weight is 360 g/mol. The van der Waals surface area contributed by atoms with E-state index in [4.69, 9.17) is 9.47 Å². The lowest BCUT2D eigenvalue weighted by Gasteiger charge is -2.32. The largest absolute Gasteiger partial charge is 0.475 e. The first kappa shape index (κ1) is 17.9. The monoisotopic (exact) mass is 360 g/mol. The smallest absolute Gasteiger partial charge is 0.217 e. The van der Waals surface area contributed by atoms with Gasteiger partial charge in [0.15, 0.2) is 0 Å². The van der Waals surface area contributed by atoms with Gasteiger partial charge in [0.1, 0.15) is 18.9 Å². The number of carbonyl (C=O) groups is 1. The summed E-state index contributed by atoms with van der Waals surface area (Å²) >= 11 is 0. The SMILES string of the molecule is Cc1ccnc2c1[C@H]1CC[C@H](CC1)OC[C@H]1[C@H](O)CCN1C(C=O)CO2. The molecule has 1 saturated heterocycles. The van der Waals surface area contributed by atoms with Crippen LogP contribution in [0.4, 0.5) is 0 Å². The highest BCUT2D eigenvalue weighted by Gasteiger charge is 2.39. The molecule has 1 aromatic rings. The van der Waals surface area contributed by atoms with Crippen LogP contribution in [0.2, 0.25) is 0 Å². The van der Waals surface area contributed by atoms with Crippen LogP contribution in [-0.4, -0.2) is 65.3 Å². The van der Waals surface area contributed by atoms with Crippen LogP contribution < -0.4 is 4.74 Å². The Labute approximate surface area is 154 Å². The van der Waals surface area contributed by atoms with Gasteiger partial charge in [-0.2, -0.15) is 0 Å². The van der Waals surface area contributed by atoms with E-state index in [1.54, 1.807) is 6.20 Å². The highest BCUT2D eigenvalue weighted by molar-refractivity contribution is 5.58. The van der Waals surface area contributed by atoms with E-state index in [1.165, 1.54) is 11.1 Å². The number of aliphatic hydroxyl groups is 1. The van der Waals surface area contributed by atoms with E-state index in [0.717, 1.165) is 32.0 Å². The lowest BCUT2D eigenvalue weighted by atomic mass is 9.81. The van der Waals surface area contributed by atoms with Gasteiger partial charge in [-0.1, -0.05) is 0 Å². The fourth-order valence-electron chi connectivity index (χ4n) is 4.77. The molecule has 142 valence electrons. The van der Waals surface area contributed by atoms with Crippen molar-refractivity contribution < 1.29 is 19.4 Å². The van der Waals surface area contributed by atoms with Crippen molar-refractivity contribution in [2.75, 3.05) is 19.8 Å². The normalized spacial score (nSPS) is 35.4. The minimum absolute atomic E-state index is 0.141. The average Bonchev–Trinajstić information content (AvgIpc) is 3.02. The molecule has 26 heavy (non-hydrogen) atoms. The maximum Gasteiger partial charge on any atom is 0.217 e. The van der Waals surface area contributed by atoms with E-state index in [2.05, 4.69) is 11.9 Å². The molecule has 0 radical (unpaired) electrons. The quantitative estimate of drug-likeness (QED) is 0.771. The Hall–Kier alpha value is -1.50. The first-order chi connectivity index (χ1) is 12.7. The van der Waals surface area contributed by atoms with Crippen LogP contribution in [0.15, 0.2) is 12.3 Å². The van der Waals surface area contributed by atoms with Crippen LogP contribution in [-0.2, 0) is 9.53 Å². The standard InChI is InChI=1S/C20H28N2O4/c1-13-6-8-21-20-19(13)14-2-4-16(5-3-14)25-12-17-18(24)7-9-22(17)15(10-23)11-26-20/h6,8,10,14-18,24H,2-5,7,9,11-12H2,1H3/t14-,15?,16+,17-,18+/m0/s1. The molecule has 4 heterocycles. The minimum atomic E-state index is -0.452. The van der Waals surface area contributed by atoms with Crippen molar-refractivity contribution in [2.24, 2.45) is 0 Å². The van der Waals surface area contributed by atoms with E-state index in [0.29, 0.717) is 31.4 Å². The van der Waals surface area contributed by atoms with Crippen molar-refractivity contribution in [3.63, 3.8) is 0 Å². The summed E-state index contributed by atoms with van der Waals surface area (Å²) in [7, 11) is 0. The molecule has 0 amide bonds. The molecule has 0 aromatic carbocycles. The second-order valence-corrected chi connectivity index (χ2v) is 7.83. The lowest BCUT2D eigenvalue weighted by molar-refractivity contribution is -0.115. The molecular weight excluding hydrogens is 332 g/mol. The van der Waals surface area contributed by atoms with Crippen LogP contribution >= 0.6 is 0 Å². The maximum atomic E-state index is 11.7. The molecule has 2 bridgehead atoms. The minimum Gasteiger partial charge on any atom is -0.475 e. The van der Waals surface area contributed by atoms with Crippen molar-refractivity contribution in [1.29, 1.82) is 0 Å². The number of ether oxygens (including phenoxy) is 2. The zero-order valence-electron chi connectivity index (χ0n) is 15.3. The second-order valence-electron chi connectivity index (χ2n) is 7.83. The molecule has 2 fully saturated rings. The van der Waals surface area contributed by atoms with E-state index >= 15 is 0 Å². The summed E-state index contributed by atoms with van der Waals surface area (Å²) in [6.07, 6.45) is 7.29. The highest BCUT2D eigenvalue weighted by Crippen LogP contribution is 2.39. The highest BCUT2D eigenvalue weighted by atomic mass is 16.5. The summed E-state index contributed by atoms with van der Waals surface area (Å²) in [6.45, 7) is 3.52. The third-order valence-electron chi connectivity index (χ3n) is 6.28. The van der Waals surface area contributed by atoms with Crippen LogP contribution in [0, 0.1) is 6.92 Å². The van der Waals surface area contributed by atoms with Crippen LogP contribution in [0.5, 0.6) is 5.88 Å². The zero-order chi connectivity index (χ0) is 18.1. The molecule has 1 aliphatic carbocycles. The summed E-state index contributed by atoms with van der Waals surface area (Å²) in [6, 6.07) is 1.50. The van der Waals surface area contributed by atoms with Gasteiger partial charge in [0.05, 0.1) is 24.9 Å². The summed E-state index contributed by atoms with van der Waals surface area (Å²) in [5.41, 5.74) is 2.39. The molecule has 4 aliphatic rings. The number of aryl methyl sites for hydroxylation is 1. The van der Waals surface area contributed by atoms with E-state index in [1.807, 2.05) is 11.0 Å². The number of aromatic nitrogens is 1. The lowest BCUT2D eigenvalue weighted by Crippen LogP contribution is -2.48. The third kappa shape index (κ3) is 3.38. The predicted molar refractivity (Wildman–Crippen MR) is 96.4 cm³/mol. The van der Waals surface area contributed by atoms with Crippen molar-refractivity contribution in [2.45, 2.75) is 69.2 Å². The van der Waals surface area contributed by atoms with Gasteiger partial charge < -0.3 is 19.4 Å². The number of hydrogen-bond acceptors (Lipinski definition) is 6. The number of nitrogens with zero attached hydrogens (tertiary/aromatic N) is 2. The number of fused-ring (bicyclic) bond motifs is 5.